The summed E-state index contributed by atoms with van der Waals surface area (Å²) >= 11 is 6.14. The largest absolute Gasteiger partial charge is 0.359 e. The third kappa shape index (κ3) is 2.47. The van der Waals surface area contributed by atoms with E-state index < -0.39 is 0 Å². The van der Waals surface area contributed by atoms with Crippen LogP contribution in [-0.4, -0.2) is 21.2 Å². The van der Waals surface area contributed by atoms with E-state index in [1.165, 1.54) is 5.56 Å². The van der Waals surface area contributed by atoms with Gasteiger partial charge < -0.3 is 15.7 Å². The average Bonchev–Trinajstić information content (AvgIpc) is 3.10. The predicted octanol–water partition coefficient (Wildman–Crippen LogP) is 4.79. The first-order valence-electron chi connectivity index (χ1n) is 7.92. The van der Waals surface area contributed by atoms with Gasteiger partial charge in [0.1, 0.15) is 0 Å². The van der Waals surface area contributed by atoms with Crippen molar-refractivity contribution in [2.45, 2.75) is 13.8 Å². The van der Waals surface area contributed by atoms with Gasteiger partial charge in [-0.25, -0.2) is 9.66 Å². The molecule has 2 aromatic carbocycles. The topological polar surface area (TPSA) is 57.7 Å². The number of anilines is 2. The minimum absolute atomic E-state index is 0.709. The molecule has 5 nitrogen and oxygen atoms in total. The Morgan fingerprint density at radius 3 is 2.92 bits per heavy atom. The lowest BCUT2D eigenvalue weighted by Gasteiger charge is -2.11. The number of nitrogens with zero attached hydrogens (tertiary/aromatic N) is 2. The van der Waals surface area contributed by atoms with Gasteiger partial charge >= 0.3 is 0 Å². The zero-order valence-electron chi connectivity index (χ0n) is 13.5. The molecular formula is C18H18ClN5. The normalized spacial score (nSPS) is 11.3. The summed E-state index contributed by atoms with van der Waals surface area (Å²) < 4.78 is 1.98. The van der Waals surface area contributed by atoms with Crippen molar-refractivity contribution in [3.05, 3.63) is 53.2 Å². The molecule has 0 amide bonds. The summed E-state index contributed by atoms with van der Waals surface area (Å²) in [6, 6.07) is 12.0. The second kappa shape index (κ2) is 5.76. The molecule has 2 heterocycles. The highest BCUT2D eigenvalue weighted by atomic mass is 35.5. The summed E-state index contributed by atoms with van der Waals surface area (Å²) in [7, 11) is 0. The molecule has 0 aliphatic rings. The third-order valence-electron chi connectivity index (χ3n) is 4.02. The molecule has 0 fully saturated rings. The number of nitrogens with one attached hydrogen (secondary N) is 3. The fraction of sp³-hybridized carbons (Fsp3) is 0.167. The Kier molecular flexibility index (Phi) is 3.58. The van der Waals surface area contributed by atoms with Crippen molar-refractivity contribution in [1.29, 1.82) is 0 Å². The molecule has 2 aromatic heterocycles. The molecule has 4 rings (SSSR count). The number of hydrogen-bond acceptors (Lipinski definition) is 3. The van der Waals surface area contributed by atoms with Crippen LogP contribution in [0.2, 0.25) is 5.02 Å². The maximum Gasteiger partial charge on any atom is 0.227 e. The van der Waals surface area contributed by atoms with Crippen LogP contribution in [0, 0.1) is 6.92 Å². The molecule has 3 N–H and O–H groups in total. The second-order valence-corrected chi connectivity index (χ2v) is 6.23. The van der Waals surface area contributed by atoms with Gasteiger partial charge in [-0.2, -0.15) is 0 Å². The number of aromatic amines is 1. The van der Waals surface area contributed by atoms with Gasteiger partial charge in [0.05, 0.1) is 16.7 Å². The lowest BCUT2D eigenvalue weighted by molar-refractivity contribution is 0.897. The molecule has 0 spiro atoms. The molecule has 4 aromatic rings. The fourth-order valence-electron chi connectivity index (χ4n) is 2.91. The average molecular weight is 340 g/mol. The summed E-state index contributed by atoms with van der Waals surface area (Å²) in [5, 5.41) is 5.16. The Morgan fingerprint density at radius 2 is 2.08 bits per heavy atom. The van der Waals surface area contributed by atoms with Crippen molar-refractivity contribution in [2.24, 2.45) is 0 Å². The number of aryl methyl sites for hydroxylation is 1. The van der Waals surface area contributed by atoms with Crippen molar-refractivity contribution in [1.82, 2.24) is 14.6 Å². The van der Waals surface area contributed by atoms with Gasteiger partial charge in [0, 0.05) is 28.7 Å². The molecule has 0 aliphatic heterocycles. The number of halogens is 1. The molecule has 0 radical (unpaired) electrons. The van der Waals surface area contributed by atoms with E-state index in [1.54, 1.807) is 0 Å². The number of aromatic nitrogens is 3. The Morgan fingerprint density at radius 1 is 1.21 bits per heavy atom. The number of fused-ring (bicyclic) bond motifs is 2. The Bertz CT molecular complexity index is 1030. The summed E-state index contributed by atoms with van der Waals surface area (Å²) in [6.07, 6.45) is 1.93. The first kappa shape index (κ1) is 14.9. The van der Waals surface area contributed by atoms with Gasteiger partial charge in [-0.1, -0.05) is 17.7 Å². The van der Waals surface area contributed by atoms with E-state index in [0.717, 1.165) is 40.1 Å². The van der Waals surface area contributed by atoms with Crippen molar-refractivity contribution in [3.63, 3.8) is 0 Å². The molecule has 0 unspecified atom stereocenters. The highest BCUT2D eigenvalue weighted by Gasteiger charge is 2.13. The first-order valence-corrected chi connectivity index (χ1v) is 8.30. The van der Waals surface area contributed by atoms with Gasteiger partial charge in [0.25, 0.3) is 0 Å². The monoisotopic (exact) mass is 339 g/mol. The predicted molar refractivity (Wildman–Crippen MR) is 101 cm³/mol. The second-order valence-electron chi connectivity index (χ2n) is 5.79. The molecule has 0 bridgehead atoms. The third-order valence-corrected chi connectivity index (χ3v) is 4.25. The van der Waals surface area contributed by atoms with Crippen LogP contribution in [0.1, 0.15) is 12.5 Å². The number of hydrogen-bond donors (Lipinski definition) is 3. The Labute approximate surface area is 144 Å². The van der Waals surface area contributed by atoms with E-state index in [1.807, 2.05) is 29.1 Å². The van der Waals surface area contributed by atoms with Crippen LogP contribution < -0.4 is 10.7 Å². The lowest BCUT2D eigenvalue weighted by Crippen LogP contribution is -2.16. The zero-order valence-corrected chi connectivity index (χ0v) is 14.3. The summed E-state index contributed by atoms with van der Waals surface area (Å²) in [5.74, 6) is 0.748. The molecular weight excluding hydrogens is 322 g/mol. The van der Waals surface area contributed by atoms with Gasteiger partial charge in [0.2, 0.25) is 5.95 Å². The van der Waals surface area contributed by atoms with Crippen LogP contribution in [0.15, 0.2) is 42.6 Å². The summed E-state index contributed by atoms with van der Waals surface area (Å²) in [4.78, 5) is 7.99. The zero-order chi connectivity index (χ0) is 16.7. The van der Waals surface area contributed by atoms with Gasteiger partial charge in [0.15, 0.2) is 0 Å². The van der Waals surface area contributed by atoms with Gasteiger partial charge in [-0.15, -0.1) is 0 Å². The summed E-state index contributed by atoms with van der Waals surface area (Å²) in [6.45, 7) is 4.93. The van der Waals surface area contributed by atoms with Crippen molar-refractivity contribution in [3.8, 4) is 0 Å². The van der Waals surface area contributed by atoms with Crippen LogP contribution >= 0.6 is 11.6 Å². The van der Waals surface area contributed by atoms with E-state index in [-0.39, 0.29) is 0 Å². The Hall–Kier alpha value is -2.66. The first-order chi connectivity index (χ1) is 11.7. The minimum atomic E-state index is 0.709. The molecule has 0 atom stereocenters. The molecule has 6 heteroatoms. The Balaban J connectivity index is 1.83. The quantitative estimate of drug-likeness (QED) is 0.501. The highest BCUT2D eigenvalue weighted by Crippen LogP contribution is 2.29. The van der Waals surface area contributed by atoms with Crippen LogP contribution in [0.4, 0.5) is 11.6 Å². The molecule has 0 aliphatic carbocycles. The van der Waals surface area contributed by atoms with E-state index in [0.29, 0.717) is 5.02 Å². The molecule has 24 heavy (non-hydrogen) atoms. The van der Waals surface area contributed by atoms with Crippen LogP contribution in [-0.2, 0) is 0 Å². The smallest absolute Gasteiger partial charge is 0.227 e. The fourth-order valence-corrected chi connectivity index (χ4v) is 3.08. The number of imidazole rings is 1. The van der Waals surface area contributed by atoms with Gasteiger partial charge in [-0.3, -0.25) is 0 Å². The SMILES string of the molecule is CCNn1c(Nc2c[nH]c3ccc(Cl)cc23)nc2cc(C)ccc21. The lowest BCUT2D eigenvalue weighted by atomic mass is 10.2. The van der Waals surface area contributed by atoms with E-state index in [2.05, 4.69) is 47.8 Å². The molecule has 122 valence electrons. The van der Waals surface area contributed by atoms with Crippen LogP contribution in [0.25, 0.3) is 21.9 Å². The van der Waals surface area contributed by atoms with Crippen molar-refractivity contribution in [2.75, 3.05) is 17.3 Å². The van der Waals surface area contributed by atoms with Crippen molar-refractivity contribution < 1.29 is 0 Å². The summed E-state index contributed by atoms with van der Waals surface area (Å²) in [5.41, 5.74) is 8.51. The van der Waals surface area contributed by atoms with Crippen molar-refractivity contribution >= 4 is 45.2 Å². The standard InChI is InChI=1S/C18H18ClN5/c1-3-21-24-17-7-4-11(2)8-15(17)22-18(24)23-16-10-20-14-6-5-12(19)9-13(14)16/h4-10,20-21H,3H2,1-2H3,(H,22,23). The highest BCUT2D eigenvalue weighted by molar-refractivity contribution is 6.31. The minimum Gasteiger partial charge on any atom is -0.359 e. The van der Waals surface area contributed by atoms with Crippen LogP contribution in [0.3, 0.4) is 0 Å². The van der Waals surface area contributed by atoms with E-state index in [4.69, 9.17) is 16.6 Å². The number of H-pyrrole nitrogens is 1. The maximum atomic E-state index is 6.14. The van der Waals surface area contributed by atoms with Crippen LogP contribution in [0.5, 0.6) is 0 Å². The number of benzene rings is 2. The van der Waals surface area contributed by atoms with E-state index in [9.17, 15) is 0 Å². The maximum absolute atomic E-state index is 6.14. The molecule has 0 saturated heterocycles. The number of rotatable bonds is 4. The van der Waals surface area contributed by atoms with Gasteiger partial charge in [-0.05, 0) is 49.7 Å². The van der Waals surface area contributed by atoms with E-state index >= 15 is 0 Å². The molecule has 0 saturated carbocycles.